The summed E-state index contributed by atoms with van der Waals surface area (Å²) in [6, 6.07) is 5.07. The molecule has 24 heavy (non-hydrogen) atoms. The first-order chi connectivity index (χ1) is 11.5. The molecule has 0 saturated heterocycles. The number of hydrogen-bond acceptors (Lipinski definition) is 4. The summed E-state index contributed by atoms with van der Waals surface area (Å²) >= 11 is 0. The minimum Gasteiger partial charge on any atom is -0.480 e. The van der Waals surface area contributed by atoms with Gasteiger partial charge in [0.2, 0.25) is 0 Å². The fourth-order valence-electron chi connectivity index (χ4n) is 2.20. The number of carboxylic acids is 1. The van der Waals surface area contributed by atoms with Crippen molar-refractivity contribution in [1.29, 1.82) is 0 Å². The summed E-state index contributed by atoms with van der Waals surface area (Å²) < 4.78 is 14.6. The van der Waals surface area contributed by atoms with Crippen molar-refractivity contribution in [3.8, 4) is 0 Å². The molecule has 0 aliphatic rings. The second-order valence-electron chi connectivity index (χ2n) is 5.44. The van der Waals surface area contributed by atoms with Crippen molar-refractivity contribution in [3.63, 3.8) is 0 Å². The SMILES string of the molecule is CCCC[C@H](NC(=O)c1cn(Cc2cccc(F)c2)nn1)C(=O)O. The van der Waals surface area contributed by atoms with Gasteiger partial charge in [0, 0.05) is 0 Å². The van der Waals surface area contributed by atoms with Crippen molar-refractivity contribution >= 4 is 11.9 Å². The molecule has 1 amide bonds. The number of aliphatic carboxylic acids is 1. The average molecular weight is 334 g/mol. The molecule has 1 atom stereocenters. The van der Waals surface area contributed by atoms with Crippen molar-refractivity contribution in [3.05, 3.63) is 47.5 Å². The fourth-order valence-corrected chi connectivity index (χ4v) is 2.20. The highest BCUT2D eigenvalue weighted by Crippen LogP contribution is 2.06. The molecule has 1 heterocycles. The van der Waals surface area contributed by atoms with Crippen LogP contribution in [0.2, 0.25) is 0 Å². The van der Waals surface area contributed by atoms with E-state index in [0.717, 1.165) is 6.42 Å². The topological polar surface area (TPSA) is 97.1 Å². The molecule has 2 rings (SSSR count). The van der Waals surface area contributed by atoms with E-state index < -0.39 is 17.9 Å². The summed E-state index contributed by atoms with van der Waals surface area (Å²) in [5.41, 5.74) is 0.701. The van der Waals surface area contributed by atoms with Crippen LogP contribution in [0, 0.1) is 5.82 Å². The Balaban J connectivity index is 2.01. The zero-order chi connectivity index (χ0) is 17.5. The van der Waals surface area contributed by atoms with Crippen molar-refractivity contribution in [2.24, 2.45) is 0 Å². The first-order valence-corrected chi connectivity index (χ1v) is 7.68. The van der Waals surface area contributed by atoms with E-state index in [4.69, 9.17) is 5.11 Å². The van der Waals surface area contributed by atoms with E-state index in [1.54, 1.807) is 12.1 Å². The molecule has 0 bridgehead atoms. The summed E-state index contributed by atoms with van der Waals surface area (Å²) in [6.45, 7) is 2.20. The summed E-state index contributed by atoms with van der Waals surface area (Å²) in [5, 5.41) is 19.1. The van der Waals surface area contributed by atoms with Crippen LogP contribution >= 0.6 is 0 Å². The molecular weight excluding hydrogens is 315 g/mol. The van der Waals surface area contributed by atoms with Crippen LogP contribution in [-0.4, -0.2) is 38.0 Å². The third-order valence-corrected chi connectivity index (χ3v) is 3.45. The van der Waals surface area contributed by atoms with Gasteiger partial charge in [0.1, 0.15) is 11.9 Å². The zero-order valence-electron chi connectivity index (χ0n) is 13.3. The number of carbonyl (C=O) groups excluding carboxylic acids is 1. The van der Waals surface area contributed by atoms with Crippen molar-refractivity contribution in [2.75, 3.05) is 0 Å². The molecule has 2 aromatic rings. The van der Waals surface area contributed by atoms with Crippen molar-refractivity contribution in [1.82, 2.24) is 20.3 Å². The number of carbonyl (C=O) groups is 2. The summed E-state index contributed by atoms with van der Waals surface area (Å²) in [4.78, 5) is 23.3. The summed E-state index contributed by atoms with van der Waals surface area (Å²) in [5.74, 6) is -2.03. The average Bonchev–Trinajstić information content (AvgIpc) is 2.99. The number of nitrogens with zero attached hydrogens (tertiary/aromatic N) is 3. The van der Waals surface area contributed by atoms with E-state index in [1.165, 1.54) is 23.0 Å². The summed E-state index contributed by atoms with van der Waals surface area (Å²) in [6.07, 6.45) is 3.29. The Hall–Kier alpha value is -2.77. The van der Waals surface area contributed by atoms with Gasteiger partial charge in [0.25, 0.3) is 5.91 Å². The highest BCUT2D eigenvalue weighted by Gasteiger charge is 2.21. The number of unbranched alkanes of at least 4 members (excludes halogenated alkanes) is 1. The lowest BCUT2D eigenvalue weighted by Gasteiger charge is -2.12. The Kier molecular flexibility index (Phi) is 6.00. The first-order valence-electron chi connectivity index (χ1n) is 7.68. The van der Waals surface area contributed by atoms with Gasteiger partial charge in [-0.3, -0.25) is 4.79 Å². The van der Waals surface area contributed by atoms with E-state index in [0.29, 0.717) is 18.4 Å². The van der Waals surface area contributed by atoms with Gasteiger partial charge in [-0.1, -0.05) is 37.1 Å². The van der Waals surface area contributed by atoms with Crippen LogP contribution in [0.15, 0.2) is 30.5 Å². The second-order valence-corrected chi connectivity index (χ2v) is 5.44. The zero-order valence-corrected chi connectivity index (χ0v) is 13.3. The first kappa shape index (κ1) is 17.6. The number of halogens is 1. The highest BCUT2D eigenvalue weighted by atomic mass is 19.1. The van der Waals surface area contributed by atoms with Crippen LogP contribution in [0.3, 0.4) is 0 Å². The van der Waals surface area contributed by atoms with Gasteiger partial charge in [-0.15, -0.1) is 5.10 Å². The molecule has 1 aromatic heterocycles. The van der Waals surface area contributed by atoms with Gasteiger partial charge in [-0.05, 0) is 24.1 Å². The van der Waals surface area contributed by atoms with Gasteiger partial charge >= 0.3 is 5.97 Å². The lowest BCUT2D eigenvalue weighted by atomic mass is 10.1. The van der Waals surface area contributed by atoms with Gasteiger partial charge in [-0.25, -0.2) is 13.9 Å². The number of benzene rings is 1. The lowest BCUT2D eigenvalue weighted by molar-refractivity contribution is -0.139. The van der Waals surface area contributed by atoms with E-state index in [-0.39, 0.29) is 18.1 Å². The molecule has 0 spiro atoms. The highest BCUT2D eigenvalue weighted by molar-refractivity contribution is 5.94. The smallest absolute Gasteiger partial charge is 0.326 e. The number of aromatic nitrogens is 3. The second kappa shape index (κ2) is 8.19. The van der Waals surface area contributed by atoms with Crippen LogP contribution < -0.4 is 5.32 Å². The normalized spacial score (nSPS) is 11.9. The third kappa shape index (κ3) is 4.87. The number of nitrogens with one attached hydrogen (secondary N) is 1. The van der Waals surface area contributed by atoms with E-state index in [2.05, 4.69) is 15.6 Å². The van der Waals surface area contributed by atoms with E-state index >= 15 is 0 Å². The molecule has 0 aliphatic carbocycles. The maximum absolute atomic E-state index is 13.2. The standard InChI is InChI=1S/C16H19FN4O3/c1-2-3-7-13(16(23)24)18-15(22)14-10-21(20-19-14)9-11-5-4-6-12(17)8-11/h4-6,8,10,13H,2-3,7,9H2,1H3,(H,18,22)(H,23,24)/t13-/m0/s1. The maximum Gasteiger partial charge on any atom is 0.326 e. The Labute approximate surface area is 138 Å². The van der Waals surface area contributed by atoms with Crippen molar-refractivity contribution in [2.45, 2.75) is 38.8 Å². The monoisotopic (exact) mass is 334 g/mol. The molecule has 2 N–H and O–H groups in total. The fraction of sp³-hybridized carbons (Fsp3) is 0.375. The minimum atomic E-state index is -1.08. The molecular formula is C16H19FN4O3. The predicted molar refractivity (Wildman–Crippen MR) is 83.9 cm³/mol. The van der Waals surface area contributed by atoms with Crippen LogP contribution in [0.1, 0.15) is 42.2 Å². The van der Waals surface area contributed by atoms with Crippen LogP contribution in [-0.2, 0) is 11.3 Å². The number of rotatable bonds is 8. The van der Waals surface area contributed by atoms with E-state index in [1.807, 2.05) is 6.92 Å². The molecule has 0 saturated carbocycles. The van der Waals surface area contributed by atoms with E-state index in [9.17, 15) is 14.0 Å². The Morgan fingerprint density at radius 3 is 2.88 bits per heavy atom. The maximum atomic E-state index is 13.2. The van der Waals surface area contributed by atoms with Gasteiger partial charge in [0.05, 0.1) is 12.7 Å². The molecule has 7 nitrogen and oxygen atoms in total. The Morgan fingerprint density at radius 1 is 1.42 bits per heavy atom. The molecule has 0 aliphatic heterocycles. The Morgan fingerprint density at radius 2 is 2.21 bits per heavy atom. The largest absolute Gasteiger partial charge is 0.480 e. The molecule has 0 fully saturated rings. The molecule has 1 aromatic carbocycles. The number of amides is 1. The van der Waals surface area contributed by atoms with Gasteiger partial charge in [0.15, 0.2) is 5.69 Å². The minimum absolute atomic E-state index is 0.0224. The molecule has 8 heteroatoms. The van der Waals surface area contributed by atoms with Gasteiger partial charge in [-0.2, -0.15) is 0 Å². The van der Waals surface area contributed by atoms with Gasteiger partial charge < -0.3 is 10.4 Å². The van der Waals surface area contributed by atoms with Crippen LogP contribution in [0.4, 0.5) is 4.39 Å². The summed E-state index contributed by atoms with van der Waals surface area (Å²) in [7, 11) is 0. The predicted octanol–water partition coefficient (Wildman–Crippen LogP) is 1.84. The number of carboxylic acid groups (broad SMARTS) is 1. The lowest BCUT2D eigenvalue weighted by Crippen LogP contribution is -2.40. The van der Waals surface area contributed by atoms with Crippen LogP contribution in [0.25, 0.3) is 0 Å². The molecule has 128 valence electrons. The molecule has 0 unspecified atom stereocenters. The van der Waals surface area contributed by atoms with Crippen molar-refractivity contribution < 1.29 is 19.1 Å². The molecule has 0 radical (unpaired) electrons. The quantitative estimate of drug-likeness (QED) is 0.768. The third-order valence-electron chi connectivity index (χ3n) is 3.45. The van der Waals surface area contributed by atoms with Crippen LogP contribution in [0.5, 0.6) is 0 Å². The number of hydrogen-bond donors (Lipinski definition) is 2. The Bertz CT molecular complexity index is 717.